The molecule has 0 aromatic carbocycles. The molecule has 0 aliphatic heterocycles. The Morgan fingerprint density at radius 2 is 1.14 bits per heavy atom. The van der Waals surface area contributed by atoms with Crippen molar-refractivity contribution in [2.75, 3.05) is 0 Å². The minimum absolute atomic E-state index is 0.272. The fraction of sp³-hybridized carbons (Fsp3) is 1.00. The van der Waals surface area contributed by atoms with Gasteiger partial charge < -0.3 is 0 Å². The van der Waals surface area contributed by atoms with E-state index < -0.39 is 0 Å². The Hall–Kier alpha value is 0.922. The number of hydrogen-bond donors (Lipinski definition) is 0. The van der Waals surface area contributed by atoms with E-state index in [-0.39, 0.29) is 24.2 Å². The van der Waals surface area contributed by atoms with Crippen LogP contribution >= 0.6 is 0 Å². The molecule has 0 bridgehead atoms. The van der Waals surface area contributed by atoms with Crippen LogP contribution in [0.25, 0.3) is 0 Å². The molecule has 0 N–H and O–H groups in total. The second kappa shape index (κ2) is 3.87. The fourth-order valence-corrected chi connectivity index (χ4v) is 6.32. The van der Waals surface area contributed by atoms with Crippen molar-refractivity contribution < 1.29 is 24.2 Å². The van der Waals surface area contributed by atoms with Crippen LogP contribution in [0.15, 0.2) is 0 Å². The molecule has 0 aromatic rings. The quantitative estimate of drug-likeness (QED) is 0.599. The molecule has 0 unspecified atom stereocenters. The Bertz CT molecular complexity index is 33.4. The van der Waals surface area contributed by atoms with Gasteiger partial charge in [-0.2, -0.15) is 0 Å². The number of rotatable bonds is 2. The molecule has 0 spiro atoms. The van der Waals surface area contributed by atoms with Gasteiger partial charge in [-0.15, -0.1) is 0 Å². The standard InChI is InChI=1S/2C3H7.Cd/c2*1-3-2;/h2*3H,1-2H3;. The third-order valence-electron chi connectivity index (χ3n) is 0.943. The summed E-state index contributed by atoms with van der Waals surface area (Å²) < 4.78 is 2.17. The van der Waals surface area contributed by atoms with Gasteiger partial charge in [-0.3, -0.25) is 0 Å². The summed E-state index contributed by atoms with van der Waals surface area (Å²) in [5, 5.41) is 0. The van der Waals surface area contributed by atoms with E-state index in [2.05, 4.69) is 27.7 Å². The van der Waals surface area contributed by atoms with E-state index in [4.69, 9.17) is 0 Å². The van der Waals surface area contributed by atoms with Gasteiger partial charge in [0.25, 0.3) is 0 Å². The first-order chi connectivity index (χ1) is 3.13. The summed E-state index contributed by atoms with van der Waals surface area (Å²) >= 11 is -0.272. The van der Waals surface area contributed by atoms with Crippen molar-refractivity contribution in [3.63, 3.8) is 0 Å². The molecular formula is C6H14Cd. The van der Waals surface area contributed by atoms with E-state index in [0.29, 0.717) is 0 Å². The van der Waals surface area contributed by atoms with Crippen molar-refractivity contribution in [1.29, 1.82) is 0 Å². The molecule has 0 amide bonds. The molecule has 0 atom stereocenters. The topological polar surface area (TPSA) is 0 Å². The van der Waals surface area contributed by atoms with Crippen molar-refractivity contribution in [3.05, 3.63) is 0 Å². The van der Waals surface area contributed by atoms with E-state index in [1.807, 2.05) is 0 Å². The Labute approximate surface area is 58.9 Å². The van der Waals surface area contributed by atoms with Gasteiger partial charge >= 0.3 is 58.9 Å². The zero-order chi connectivity index (χ0) is 5.86. The van der Waals surface area contributed by atoms with Gasteiger partial charge in [0.2, 0.25) is 0 Å². The molecule has 0 saturated heterocycles. The van der Waals surface area contributed by atoms with Crippen molar-refractivity contribution in [1.82, 2.24) is 0 Å². The van der Waals surface area contributed by atoms with E-state index in [1.165, 1.54) is 0 Å². The predicted molar refractivity (Wildman–Crippen MR) is 30.2 cm³/mol. The van der Waals surface area contributed by atoms with Crippen molar-refractivity contribution in [3.8, 4) is 0 Å². The first kappa shape index (κ1) is 7.92. The zero-order valence-electron chi connectivity index (χ0n) is 5.86. The van der Waals surface area contributed by atoms with Crippen molar-refractivity contribution in [2.45, 2.75) is 34.6 Å². The summed E-state index contributed by atoms with van der Waals surface area (Å²) in [5.74, 6) is 0. The minimum atomic E-state index is -0.272. The van der Waals surface area contributed by atoms with Crippen LogP contribution in [0, 0.1) is 0 Å². The number of hydrogen-bond acceptors (Lipinski definition) is 0. The molecule has 1 heteroatoms. The summed E-state index contributed by atoms with van der Waals surface area (Å²) in [6, 6.07) is 0. The van der Waals surface area contributed by atoms with Gasteiger partial charge in [0.05, 0.1) is 0 Å². The van der Waals surface area contributed by atoms with Crippen molar-refractivity contribution in [2.24, 2.45) is 0 Å². The average Bonchev–Trinajstić information content (AvgIpc) is 1.27. The molecule has 0 heterocycles. The van der Waals surface area contributed by atoms with Crippen LogP contribution in [-0.4, -0.2) is 0 Å². The molecule has 0 fully saturated rings. The Balaban J connectivity index is 2.95. The van der Waals surface area contributed by atoms with E-state index >= 15 is 0 Å². The van der Waals surface area contributed by atoms with E-state index in [0.717, 1.165) is 6.95 Å². The maximum atomic E-state index is 2.36. The van der Waals surface area contributed by atoms with Crippen LogP contribution < -0.4 is 0 Å². The molecule has 0 radical (unpaired) electrons. The molecular weight excluding hydrogens is 184 g/mol. The van der Waals surface area contributed by atoms with Crippen LogP contribution in [0.5, 0.6) is 0 Å². The van der Waals surface area contributed by atoms with Crippen LogP contribution in [0.1, 0.15) is 27.7 Å². The van der Waals surface area contributed by atoms with Gasteiger partial charge in [0.1, 0.15) is 0 Å². The fourth-order valence-electron chi connectivity index (χ4n) is 0.943. The molecule has 40 valence electrons. The van der Waals surface area contributed by atoms with Crippen LogP contribution in [0.3, 0.4) is 0 Å². The zero-order valence-corrected chi connectivity index (χ0v) is 9.90. The summed E-state index contributed by atoms with van der Waals surface area (Å²) in [7, 11) is 0. The summed E-state index contributed by atoms with van der Waals surface area (Å²) in [6.45, 7) is 9.43. The van der Waals surface area contributed by atoms with Gasteiger partial charge in [0.15, 0.2) is 0 Å². The molecule has 0 nitrogen and oxygen atoms in total. The molecule has 7 heavy (non-hydrogen) atoms. The Morgan fingerprint density at radius 1 is 0.857 bits per heavy atom. The third-order valence-corrected chi connectivity index (χ3v) is 6.32. The molecule has 0 rings (SSSR count). The van der Waals surface area contributed by atoms with Crippen LogP contribution in [-0.2, 0) is 24.2 Å². The summed E-state index contributed by atoms with van der Waals surface area (Å²) in [5.41, 5.74) is 0. The van der Waals surface area contributed by atoms with E-state index in [1.54, 1.807) is 0 Å². The summed E-state index contributed by atoms with van der Waals surface area (Å²) in [6.07, 6.45) is 0. The van der Waals surface area contributed by atoms with Crippen LogP contribution in [0.2, 0.25) is 6.95 Å². The normalized spacial score (nSPS) is 10.0. The second-order valence-electron chi connectivity index (χ2n) is 3.02. The van der Waals surface area contributed by atoms with Gasteiger partial charge in [-0.1, -0.05) is 0 Å². The maximum absolute atomic E-state index is 2.36. The predicted octanol–water partition coefficient (Wildman–Crippen LogP) is 2.73. The third kappa shape index (κ3) is 6.92. The van der Waals surface area contributed by atoms with Crippen LogP contribution in [0.4, 0.5) is 0 Å². The molecule has 0 saturated carbocycles. The SMILES string of the molecule is C[CH](C)[Cd][CH](C)C. The Morgan fingerprint density at radius 3 is 1.14 bits per heavy atom. The molecule has 0 aromatic heterocycles. The second-order valence-corrected chi connectivity index (χ2v) is 13.7. The molecule has 0 aliphatic carbocycles. The molecule has 0 aliphatic rings. The van der Waals surface area contributed by atoms with Gasteiger partial charge in [-0.25, -0.2) is 0 Å². The van der Waals surface area contributed by atoms with Crippen molar-refractivity contribution >= 4 is 0 Å². The summed E-state index contributed by atoms with van der Waals surface area (Å²) in [4.78, 5) is 0. The van der Waals surface area contributed by atoms with Gasteiger partial charge in [0, 0.05) is 0 Å². The van der Waals surface area contributed by atoms with Gasteiger partial charge in [-0.05, 0) is 0 Å². The average molecular weight is 199 g/mol. The van der Waals surface area contributed by atoms with E-state index in [9.17, 15) is 0 Å². The first-order valence-electron chi connectivity index (χ1n) is 3.13. The monoisotopic (exact) mass is 200 g/mol. The first-order valence-corrected chi connectivity index (χ1v) is 7.79. The Kier molecular flexibility index (Phi) is 4.38.